The summed E-state index contributed by atoms with van der Waals surface area (Å²) in [6.45, 7) is 10.6. The standard InChI is InChI=1S/C26H37N5O2/c1-6-7-8-9-10-11-14-29-24(32)22-23(28(5)26(29)33)27-25-30(16-18(2)17-31(22)25)21-13-12-19(3)20(4)15-21/h12-13,15,18H,6-11,14,16-17H2,1-5H3/t18-/m0/s1. The van der Waals surface area contributed by atoms with Gasteiger partial charge in [0.1, 0.15) is 0 Å². The van der Waals surface area contributed by atoms with Crippen LogP contribution >= 0.6 is 0 Å². The quantitative estimate of drug-likeness (QED) is 0.467. The minimum Gasteiger partial charge on any atom is -0.312 e. The summed E-state index contributed by atoms with van der Waals surface area (Å²) in [5.41, 5.74) is 4.07. The maximum absolute atomic E-state index is 13.5. The van der Waals surface area contributed by atoms with E-state index in [1.807, 2.05) is 4.57 Å². The average molecular weight is 452 g/mol. The van der Waals surface area contributed by atoms with E-state index in [9.17, 15) is 9.59 Å². The van der Waals surface area contributed by atoms with Gasteiger partial charge in [0.25, 0.3) is 5.56 Å². The first-order valence-corrected chi connectivity index (χ1v) is 12.4. The van der Waals surface area contributed by atoms with Gasteiger partial charge >= 0.3 is 5.69 Å². The van der Waals surface area contributed by atoms with Gasteiger partial charge in [0.2, 0.25) is 5.95 Å². The molecule has 0 saturated heterocycles. The van der Waals surface area contributed by atoms with E-state index >= 15 is 0 Å². The molecule has 0 unspecified atom stereocenters. The molecule has 0 fully saturated rings. The normalized spacial score (nSPS) is 15.9. The molecule has 2 aromatic heterocycles. The minimum absolute atomic E-state index is 0.213. The number of anilines is 2. The number of rotatable bonds is 8. The molecule has 7 nitrogen and oxygen atoms in total. The molecule has 0 bridgehead atoms. The number of imidazole rings is 1. The van der Waals surface area contributed by atoms with Gasteiger partial charge in [-0.25, -0.2) is 4.79 Å². The van der Waals surface area contributed by atoms with Gasteiger partial charge in [0.15, 0.2) is 11.2 Å². The van der Waals surface area contributed by atoms with Crippen molar-refractivity contribution in [2.75, 3.05) is 11.4 Å². The van der Waals surface area contributed by atoms with Gasteiger partial charge in [-0.1, -0.05) is 52.0 Å². The molecule has 0 N–H and O–H groups in total. The van der Waals surface area contributed by atoms with Crippen molar-refractivity contribution >= 4 is 22.8 Å². The number of aromatic nitrogens is 4. The molecular weight excluding hydrogens is 414 g/mol. The molecular formula is C26H37N5O2. The van der Waals surface area contributed by atoms with Crippen molar-refractivity contribution in [3.63, 3.8) is 0 Å². The van der Waals surface area contributed by atoms with Gasteiger partial charge in [-0.05, 0) is 49.4 Å². The van der Waals surface area contributed by atoms with Gasteiger partial charge < -0.3 is 9.47 Å². The van der Waals surface area contributed by atoms with Crippen LogP contribution in [0.15, 0.2) is 27.8 Å². The maximum atomic E-state index is 13.5. The van der Waals surface area contributed by atoms with Crippen molar-refractivity contribution < 1.29 is 0 Å². The molecule has 1 aromatic carbocycles. The largest absolute Gasteiger partial charge is 0.332 e. The molecule has 1 aliphatic heterocycles. The summed E-state index contributed by atoms with van der Waals surface area (Å²) < 4.78 is 4.98. The van der Waals surface area contributed by atoms with E-state index in [1.165, 1.54) is 35.0 Å². The van der Waals surface area contributed by atoms with Crippen LogP contribution in [0, 0.1) is 19.8 Å². The van der Waals surface area contributed by atoms with Crippen LogP contribution in [-0.4, -0.2) is 25.2 Å². The summed E-state index contributed by atoms with van der Waals surface area (Å²) in [5, 5.41) is 0. The van der Waals surface area contributed by atoms with E-state index in [2.05, 4.69) is 50.8 Å². The van der Waals surface area contributed by atoms with Gasteiger partial charge in [-0.3, -0.25) is 13.9 Å². The fourth-order valence-electron chi connectivity index (χ4n) is 4.86. The van der Waals surface area contributed by atoms with Crippen molar-refractivity contribution in [1.82, 2.24) is 18.7 Å². The number of unbranched alkanes of at least 4 members (excludes halogenated alkanes) is 5. The summed E-state index contributed by atoms with van der Waals surface area (Å²) >= 11 is 0. The minimum atomic E-state index is -0.276. The molecule has 178 valence electrons. The lowest BCUT2D eigenvalue weighted by Crippen LogP contribution is -2.40. The molecule has 0 radical (unpaired) electrons. The first kappa shape index (κ1) is 23.3. The molecule has 0 aliphatic carbocycles. The number of hydrogen-bond acceptors (Lipinski definition) is 4. The molecule has 0 saturated carbocycles. The third-order valence-electron chi connectivity index (χ3n) is 6.98. The summed E-state index contributed by atoms with van der Waals surface area (Å²) in [4.78, 5) is 33.6. The second-order valence-electron chi connectivity index (χ2n) is 9.75. The van der Waals surface area contributed by atoms with Crippen LogP contribution in [0.4, 0.5) is 11.6 Å². The van der Waals surface area contributed by atoms with Crippen LogP contribution < -0.4 is 16.1 Å². The smallest absolute Gasteiger partial charge is 0.312 e. The predicted molar refractivity (Wildman–Crippen MR) is 135 cm³/mol. The zero-order valence-corrected chi connectivity index (χ0v) is 20.7. The number of fused-ring (bicyclic) bond motifs is 3. The third-order valence-corrected chi connectivity index (χ3v) is 6.98. The molecule has 1 atom stereocenters. The van der Waals surface area contributed by atoms with E-state index in [1.54, 1.807) is 11.6 Å². The lowest BCUT2D eigenvalue weighted by molar-refractivity contribution is 0.457. The Balaban J connectivity index is 1.75. The molecule has 1 aliphatic rings. The average Bonchev–Trinajstić information content (AvgIpc) is 3.17. The second-order valence-corrected chi connectivity index (χ2v) is 9.75. The SMILES string of the molecule is CCCCCCCCn1c(=O)c2c(nc3n2C[C@@H](C)CN3c2ccc(C)c(C)c2)n(C)c1=O. The third kappa shape index (κ3) is 4.37. The summed E-state index contributed by atoms with van der Waals surface area (Å²) in [6.07, 6.45) is 6.69. The lowest BCUT2D eigenvalue weighted by atomic mass is 10.1. The Bertz CT molecular complexity index is 1270. The predicted octanol–water partition coefficient (Wildman–Crippen LogP) is 4.66. The van der Waals surface area contributed by atoms with E-state index in [4.69, 9.17) is 4.98 Å². The number of aryl methyl sites for hydroxylation is 3. The Morgan fingerprint density at radius 1 is 1.00 bits per heavy atom. The molecule has 4 rings (SSSR count). The van der Waals surface area contributed by atoms with Gasteiger partial charge in [-0.15, -0.1) is 0 Å². The highest BCUT2D eigenvalue weighted by molar-refractivity contribution is 5.77. The van der Waals surface area contributed by atoms with E-state index in [0.29, 0.717) is 23.6 Å². The highest BCUT2D eigenvalue weighted by atomic mass is 16.2. The van der Waals surface area contributed by atoms with Crippen LogP contribution in [-0.2, 0) is 20.1 Å². The summed E-state index contributed by atoms with van der Waals surface area (Å²) in [6, 6.07) is 6.41. The van der Waals surface area contributed by atoms with E-state index in [-0.39, 0.29) is 11.2 Å². The molecule has 7 heteroatoms. The van der Waals surface area contributed by atoms with Crippen LogP contribution in [0.5, 0.6) is 0 Å². The Hall–Kier alpha value is -2.83. The van der Waals surface area contributed by atoms with Crippen LogP contribution in [0.25, 0.3) is 11.2 Å². The Labute approximate surface area is 195 Å². The zero-order valence-electron chi connectivity index (χ0n) is 20.7. The van der Waals surface area contributed by atoms with E-state index < -0.39 is 0 Å². The first-order valence-electron chi connectivity index (χ1n) is 12.4. The first-order chi connectivity index (χ1) is 15.8. The van der Waals surface area contributed by atoms with Crippen molar-refractivity contribution in [2.45, 2.75) is 79.3 Å². The molecule has 0 amide bonds. The fourth-order valence-corrected chi connectivity index (χ4v) is 4.86. The van der Waals surface area contributed by atoms with Gasteiger partial charge in [0, 0.05) is 32.4 Å². The molecule has 33 heavy (non-hydrogen) atoms. The Morgan fingerprint density at radius 2 is 1.73 bits per heavy atom. The Kier molecular flexibility index (Phi) is 6.77. The fraction of sp³-hybridized carbons (Fsp3) is 0.577. The highest BCUT2D eigenvalue weighted by Gasteiger charge is 2.29. The summed E-state index contributed by atoms with van der Waals surface area (Å²) in [5.74, 6) is 1.09. The van der Waals surface area contributed by atoms with Gasteiger partial charge in [-0.2, -0.15) is 4.98 Å². The van der Waals surface area contributed by atoms with Gasteiger partial charge in [0.05, 0.1) is 0 Å². The monoisotopic (exact) mass is 451 g/mol. The van der Waals surface area contributed by atoms with Crippen molar-refractivity contribution in [3.8, 4) is 0 Å². The molecule has 3 heterocycles. The summed E-state index contributed by atoms with van der Waals surface area (Å²) in [7, 11) is 1.73. The molecule has 0 spiro atoms. The number of nitrogens with zero attached hydrogens (tertiary/aromatic N) is 5. The van der Waals surface area contributed by atoms with Crippen LogP contribution in [0.1, 0.15) is 63.5 Å². The van der Waals surface area contributed by atoms with Crippen molar-refractivity contribution in [3.05, 3.63) is 50.2 Å². The number of hydrogen-bond donors (Lipinski definition) is 0. The van der Waals surface area contributed by atoms with Crippen LogP contribution in [0.2, 0.25) is 0 Å². The van der Waals surface area contributed by atoms with Crippen molar-refractivity contribution in [2.24, 2.45) is 13.0 Å². The highest BCUT2D eigenvalue weighted by Crippen LogP contribution is 2.33. The number of benzene rings is 1. The second kappa shape index (κ2) is 9.57. The van der Waals surface area contributed by atoms with E-state index in [0.717, 1.165) is 44.0 Å². The zero-order chi connectivity index (χ0) is 23.7. The van der Waals surface area contributed by atoms with Crippen LogP contribution in [0.3, 0.4) is 0 Å². The van der Waals surface area contributed by atoms with Crippen molar-refractivity contribution in [1.29, 1.82) is 0 Å². The lowest BCUT2D eigenvalue weighted by Gasteiger charge is -2.33. The Morgan fingerprint density at radius 3 is 2.45 bits per heavy atom. The maximum Gasteiger partial charge on any atom is 0.332 e. The topological polar surface area (TPSA) is 65.1 Å². The molecule has 3 aromatic rings.